The molecule has 0 radical (unpaired) electrons. The monoisotopic (exact) mass is 707 g/mol. The van der Waals surface area contributed by atoms with Gasteiger partial charge in [0, 0.05) is 48.9 Å². The maximum absolute atomic E-state index is 15.1. The minimum absolute atomic E-state index is 0.124. The minimum atomic E-state index is -0.864. The molecule has 6 aromatic rings. The molecule has 9 nitrogen and oxygen atoms in total. The first-order valence-electron chi connectivity index (χ1n) is 16.2. The fraction of sp³-hybridized carbons (Fsp3) is 0.179. The molecule has 2 amide bonds. The van der Waals surface area contributed by atoms with Crippen molar-refractivity contribution in [3.8, 4) is 16.2 Å². The summed E-state index contributed by atoms with van der Waals surface area (Å²) in [7, 11) is 3.40. The van der Waals surface area contributed by atoms with Crippen molar-refractivity contribution in [3.63, 3.8) is 0 Å². The molecular formula is C39H35F2N5O4S. The van der Waals surface area contributed by atoms with Gasteiger partial charge in [0.15, 0.2) is 5.75 Å². The fourth-order valence-electron chi connectivity index (χ4n) is 5.68. The maximum Gasteiger partial charge on any atom is 0.420 e. The molecule has 0 spiro atoms. The molecule has 1 N–H and O–H groups in total. The van der Waals surface area contributed by atoms with E-state index in [9.17, 15) is 14.4 Å². The molecule has 0 bridgehead atoms. The quantitative estimate of drug-likeness (QED) is 0.146. The Labute approximate surface area is 297 Å². The normalized spacial score (nSPS) is 11.2. The van der Waals surface area contributed by atoms with Gasteiger partial charge < -0.3 is 14.6 Å². The summed E-state index contributed by atoms with van der Waals surface area (Å²) in [6.45, 7) is 2.37. The molecule has 0 saturated heterocycles. The number of fused-ring (bicyclic) bond motifs is 1. The molecule has 3 heterocycles. The van der Waals surface area contributed by atoms with Crippen LogP contribution < -0.4 is 20.4 Å². The molecule has 0 aliphatic rings. The molecule has 0 saturated carbocycles. The van der Waals surface area contributed by atoms with Crippen molar-refractivity contribution in [1.82, 2.24) is 14.5 Å². The number of anilines is 2. The standard InChI is InChI=1S/C39H35F2N5O4S/c1-4-34(47)43-27-18-16-26(17-19-27)37-29(22-44(2)21-25-11-6-5-7-12-25)35-36(48)32(50-39(49)45(3)33-15-8-9-20-42-33)24-46(38(35)51-37)23-28-30(40)13-10-14-31(28)41/h5-20,24H,4,21-23H2,1-3H3,(H,43,47). The number of thiophene rings is 1. The highest BCUT2D eigenvalue weighted by Crippen LogP contribution is 2.40. The SMILES string of the molecule is CCC(=O)Nc1ccc(-c2sc3c(c2CN(C)Cc2ccccc2)c(=O)c(OC(=O)N(C)c2ccccn2)cn3Cc2c(F)cccc2F)cc1. The maximum atomic E-state index is 15.1. The van der Waals surface area contributed by atoms with Crippen molar-refractivity contribution >= 4 is 45.1 Å². The number of benzene rings is 3. The molecule has 0 unspecified atom stereocenters. The van der Waals surface area contributed by atoms with E-state index in [1.165, 1.54) is 49.0 Å². The number of hydrogen-bond acceptors (Lipinski definition) is 7. The zero-order valence-corrected chi connectivity index (χ0v) is 29.0. The number of rotatable bonds is 11. The molecule has 51 heavy (non-hydrogen) atoms. The van der Waals surface area contributed by atoms with E-state index >= 15 is 8.78 Å². The number of nitrogens with one attached hydrogen (secondary N) is 1. The van der Waals surface area contributed by atoms with Crippen LogP contribution in [-0.4, -0.2) is 40.5 Å². The minimum Gasteiger partial charge on any atom is -0.404 e. The Bertz CT molecular complexity index is 2220. The van der Waals surface area contributed by atoms with Crippen molar-refractivity contribution < 1.29 is 23.1 Å². The number of pyridine rings is 2. The van der Waals surface area contributed by atoms with Gasteiger partial charge >= 0.3 is 6.09 Å². The second kappa shape index (κ2) is 15.4. The van der Waals surface area contributed by atoms with Crippen molar-refractivity contribution in [1.29, 1.82) is 0 Å². The molecule has 0 atom stereocenters. The smallest absolute Gasteiger partial charge is 0.404 e. The number of ether oxygens (including phenoxy) is 1. The molecule has 0 aliphatic carbocycles. The van der Waals surface area contributed by atoms with E-state index in [1.807, 2.05) is 49.5 Å². The van der Waals surface area contributed by atoms with Gasteiger partial charge in [-0.3, -0.25) is 19.4 Å². The first-order valence-corrected chi connectivity index (χ1v) is 17.1. The van der Waals surface area contributed by atoms with Crippen LogP contribution in [0.25, 0.3) is 20.7 Å². The average Bonchev–Trinajstić information content (AvgIpc) is 3.51. The highest BCUT2D eigenvalue weighted by Gasteiger charge is 2.26. The topological polar surface area (TPSA) is 96.8 Å². The number of hydrogen-bond donors (Lipinski definition) is 1. The van der Waals surface area contributed by atoms with E-state index in [0.29, 0.717) is 41.4 Å². The molecule has 6 rings (SSSR count). The van der Waals surface area contributed by atoms with Gasteiger partial charge in [-0.15, -0.1) is 11.3 Å². The lowest BCUT2D eigenvalue weighted by Crippen LogP contribution is -2.32. The molecule has 0 fully saturated rings. The number of carbonyl (C=O) groups excluding carboxylic acids is 2. The van der Waals surface area contributed by atoms with E-state index < -0.39 is 23.2 Å². The Balaban J connectivity index is 1.52. The zero-order chi connectivity index (χ0) is 36.1. The van der Waals surface area contributed by atoms with Crippen LogP contribution in [0.5, 0.6) is 5.75 Å². The molecule has 3 aromatic heterocycles. The van der Waals surface area contributed by atoms with E-state index in [-0.39, 0.29) is 29.2 Å². The van der Waals surface area contributed by atoms with Crippen LogP contribution in [-0.2, 0) is 24.4 Å². The molecule has 260 valence electrons. The lowest BCUT2D eigenvalue weighted by Gasteiger charge is -2.19. The summed E-state index contributed by atoms with van der Waals surface area (Å²) >= 11 is 1.30. The number of nitrogens with zero attached hydrogens (tertiary/aromatic N) is 4. The number of amides is 2. The van der Waals surface area contributed by atoms with Crippen LogP contribution >= 0.6 is 11.3 Å². The van der Waals surface area contributed by atoms with Gasteiger partial charge in [-0.05, 0) is 60.1 Å². The third kappa shape index (κ3) is 7.87. The summed E-state index contributed by atoms with van der Waals surface area (Å²) in [6.07, 6.45) is 2.31. The summed E-state index contributed by atoms with van der Waals surface area (Å²) in [5.74, 6) is -1.63. The molecule has 0 aliphatic heterocycles. The molecular weight excluding hydrogens is 673 g/mol. The van der Waals surface area contributed by atoms with E-state index in [0.717, 1.165) is 20.9 Å². The van der Waals surface area contributed by atoms with Gasteiger partial charge in [0.1, 0.15) is 22.3 Å². The van der Waals surface area contributed by atoms with E-state index in [2.05, 4.69) is 15.2 Å². The second-order valence-electron chi connectivity index (χ2n) is 12.0. The molecule has 3 aromatic carbocycles. The largest absolute Gasteiger partial charge is 0.420 e. The summed E-state index contributed by atoms with van der Waals surface area (Å²) in [4.78, 5) is 48.4. The van der Waals surface area contributed by atoms with Crippen molar-refractivity contribution in [2.24, 2.45) is 0 Å². The first-order chi connectivity index (χ1) is 24.6. The third-order valence-corrected chi connectivity index (χ3v) is 9.62. The Morgan fingerprint density at radius 1 is 0.882 bits per heavy atom. The van der Waals surface area contributed by atoms with Gasteiger partial charge in [-0.25, -0.2) is 18.6 Å². The third-order valence-electron chi connectivity index (χ3n) is 8.30. The van der Waals surface area contributed by atoms with Crippen molar-refractivity contribution in [3.05, 3.63) is 142 Å². The predicted octanol–water partition coefficient (Wildman–Crippen LogP) is 8.07. The molecule has 12 heteroatoms. The van der Waals surface area contributed by atoms with E-state index in [4.69, 9.17) is 4.74 Å². The number of carbonyl (C=O) groups is 2. The van der Waals surface area contributed by atoms with Crippen LogP contribution in [0.15, 0.2) is 108 Å². The predicted molar refractivity (Wildman–Crippen MR) is 196 cm³/mol. The van der Waals surface area contributed by atoms with Gasteiger partial charge in [0.25, 0.3) is 0 Å². The van der Waals surface area contributed by atoms with Gasteiger partial charge in [-0.2, -0.15) is 0 Å². The fourth-order valence-corrected chi connectivity index (χ4v) is 6.97. The van der Waals surface area contributed by atoms with Crippen LogP contribution in [0.4, 0.5) is 25.1 Å². The summed E-state index contributed by atoms with van der Waals surface area (Å²) in [6, 6.07) is 25.8. The van der Waals surface area contributed by atoms with Crippen LogP contribution in [0.3, 0.4) is 0 Å². The highest BCUT2D eigenvalue weighted by atomic mass is 32.1. The second-order valence-corrected chi connectivity index (χ2v) is 13.0. The Morgan fingerprint density at radius 3 is 2.25 bits per heavy atom. The number of halogens is 2. The van der Waals surface area contributed by atoms with Gasteiger partial charge in [-0.1, -0.05) is 61.5 Å². The Hall–Kier alpha value is -5.72. The first kappa shape index (κ1) is 35.1. The van der Waals surface area contributed by atoms with Crippen LogP contribution in [0, 0.1) is 11.6 Å². The lowest BCUT2D eigenvalue weighted by atomic mass is 10.0. The Kier molecular flexibility index (Phi) is 10.6. The van der Waals surface area contributed by atoms with Gasteiger partial charge in [0.2, 0.25) is 11.3 Å². The summed E-state index contributed by atoms with van der Waals surface area (Å²) in [5.41, 5.74) is 2.36. The lowest BCUT2D eigenvalue weighted by molar-refractivity contribution is -0.115. The van der Waals surface area contributed by atoms with Crippen LogP contribution in [0.2, 0.25) is 0 Å². The van der Waals surface area contributed by atoms with Crippen LogP contribution in [0.1, 0.15) is 30.0 Å². The van der Waals surface area contributed by atoms with Gasteiger partial charge in [0.05, 0.1) is 18.1 Å². The Morgan fingerprint density at radius 2 is 1.59 bits per heavy atom. The highest BCUT2D eigenvalue weighted by molar-refractivity contribution is 7.22. The van der Waals surface area contributed by atoms with Crippen molar-refractivity contribution in [2.75, 3.05) is 24.3 Å². The van der Waals surface area contributed by atoms with Crippen molar-refractivity contribution in [2.45, 2.75) is 33.0 Å². The summed E-state index contributed by atoms with van der Waals surface area (Å²) in [5, 5.41) is 3.11. The summed E-state index contributed by atoms with van der Waals surface area (Å²) < 4.78 is 37.4. The average molecular weight is 708 g/mol. The number of aromatic nitrogens is 2. The van der Waals surface area contributed by atoms with E-state index in [1.54, 1.807) is 41.8 Å². The zero-order valence-electron chi connectivity index (χ0n) is 28.2.